The van der Waals surface area contributed by atoms with Crippen molar-refractivity contribution in [1.82, 2.24) is 14.9 Å². The molecule has 2 atom stereocenters. The number of ether oxygens (including phenoxy) is 2. The monoisotopic (exact) mass is 454 g/mol. The zero-order chi connectivity index (χ0) is 23.5. The quantitative estimate of drug-likeness (QED) is 0.684. The van der Waals surface area contributed by atoms with Crippen LogP contribution in [0.3, 0.4) is 0 Å². The normalized spacial score (nSPS) is 23.9. The molecule has 178 valence electrons. The van der Waals surface area contributed by atoms with E-state index in [9.17, 15) is 9.90 Å². The number of rotatable bonds is 7. The summed E-state index contributed by atoms with van der Waals surface area (Å²) in [6, 6.07) is 9.78. The Morgan fingerprint density at radius 1 is 1.21 bits per heavy atom. The number of benzene rings is 1. The van der Waals surface area contributed by atoms with E-state index in [1.807, 2.05) is 35.2 Å². The Morgan fingerprint density at radius 2 is 1.94 bits per heavy atom. The van der Waals surface area contributed by atoms with Crippen LogP contribution in [0.5, 0.6) is 5.75 Å². The number of hydrogen-bond acceptors (Lipinski definition) is 7. The molecule has 1 aromatic heterocycles. The topological polar surface area (TPSA) is 88.0 Å². The summed E-state index contributed by atoms with van der Waals surface area (Å²) in [4.78, 5) is 26.0. The molecule has 0 saturated carbocycles. The number of carbonyl (C=O) groups is 1. The second-order valence-electron chi connectivity index (χ2n) is 9.79. The molecule has 0 aliphatic carbocycles. The van der Waals surface area contributed by atoms with Gasteiger partial charge < -0.3 is 24.4 Å². The van der Waals surface area contributed by atoms with Crippen molar-refractivity contribution in [3.05, 3.63) is 48.3 Å². The van der Waals surface area contributed by atoms with E-state index in [0.717, 1.165) is 31.5 Å². The minimum Gasteiger partial charge on any atom is -0.494 e. The Labute approximate surface area is 195 Å². The van der Waals surface area contributed by atoms with Crippen LogP contribution in [-0.4, -0.2) is 65.0 Å². The van der Waals surface area contributed by atoms with Gasteiger partial charge in [-0.25, -0.2) is 14.8 Å². The van der Waals surface area contributed by atoms with Crippen molar-refractivity contribution in [3.63, 3.8) is 0 Å². The lowest BCUT2D eigenvalue weighted by atomic mass is 9.80. The molecular weight excluding hydrogens is 420 g/mol. The predicted molar refractivity (Wildman–Crippen MR) is 125 cm³/mol. The molecule has 0 radical (unpaired) electrons. The minimum absolute atomic E-state index is 0.313. The summed E-state index contributed by atoms with van der Waals surface area (Å²) in [6.45, 7) is 6.45. The van der Waals surface area contributed by atoms with Gasteiger partial charge in [0, 0.05) is 39.0 Å². The van der Waals surface area contributed by atoms with E-state index in [2.05, 4.69) is 14.9 Å². The number of piperidine rings is 1. The number of aliphatic hydroxyl groups is 1. The molecule has 8 nitrogen and oxygen atoms in total. The van der Waals surface area contributed by atoms with Gasteiger partial charge in [0.1, 0.15) is 5.60 Å². The average molecular weight is 455 g/mol. The third-order valence-corrected chi connectivity index (χ3v) is 6.48. The smallest absolute Gasteiger partial charge is 0.410 e. The van der Waals surface area contributed by atoms with Gasteiger partial charge in [0.25, 0.3) is 0 Å². The highest BCUT2D eigenvalue weighted by molar-refractivity contribution is 5.69. The highest BCUT2D eigenvalue weighted by atomic mass is 16.6. The zero-order valence-electron chi connectivity index (χ0n) is 19.7. The highest BCUT2D eigenvalue weighted by Gasteiger charge is 2.45. The van der Waals surface area contributed by atoms with Gasteiger partial charge in [0.05, 0.1) is 25.1 Å². The number of anilines is 1. The molecule has 2 aliphatic heterocycles. The first-order chi connectivity index (χ1) is 15.8. The molecule has 3 heterocycles. The first-order valence-corrected chi connectivity index (χ1v) is 11.6. The van der Waals surface area contributed by atoms with Crippen molar-refractivity contribution in [2.75, 3.05) is 38.2 Å². The van der Waals surface area contributed by atoms with Crippen LogP contribution in [0.2, 0.25) is 0 Å². The van der Waals surface area contributed by atoms with Gasteiger partial charge in [0.2, 0.25) is 5.95 Å². The molecular formula is C25H34N4O4. The van der Waals surface area contributed by atoms with Crippen molar-refractivity contribution < 1.29 is 19.4 Å². The van der Waals surface area contributed by atoms with Crippen molar-refractivity contribution in [2.45, 2.75) is 50.7 Å². The number of nitrogens with zero attached hydrogens (tertiary/aromatic N) is 4. The van der Waals surface area contributed by atoms with Gasteiger partial charge >= 0.3 is 6.09 Å². The second-order valence-corrected chi connectivity index (χ2v) is 9.79. The molecule has 8 heteroatoms. The maximum Gasteiger partial charge on any atom is 0.410 e. The third-order valence-electron chi connectivity index (χ3n) is 6.48. The van der Waals surface area contributed by atoms with Crippen LogP contribution in [0.15, 0.2) is 42.7 Å². The maximum atomic E-state index is 13.1. The standard InChI is InChI=1S/C25H34N4O4/c1-24(2,31)18-25(20-9-5-4-6-10-20)11-13-29(23(30)33-25)17-19-8-7-12-28(16-19)22-26-14-21(32-3)15-27-22/h4-6,9-10,14-15,19,31H,7-8,11-13,16-18H2,1-3H3/t19?,25-/m0/s1. The van der Waals surface area contributed by atoms with Gasteiger partial charge in [-0.1, -0.05) is 30.3 Å². The van der Waals surface area contributed by atoms with Crippen LogP contribution < -0.4 is 9.64 Å². The van der Waals surface area contributed by atoms with Gasteiger partial charge in [0.15, 0.2) is 5.75 Å². The van der Waals surface area contributed by atoms with Crippen LogP contribution >= 0.6 is 0 Å². The van der Waals surface area contributed by atoms with Crippen LogP contribution in [0.4, 0.5) is 10.7 Å². The number of cyclic esters (lactones) is 1. The lowest BCUT2D eigenvalue weighted by molar-refractivity contribution is -0.0977. The van der Waals surface area contributed by atoms with Crippen molar-refractivity contribution in [1.29, 1.82) is 0 Å². The molecule has 33 heavy (non-hydrogen) atoms. The number of hydrogen-bond donors (Lipinski definition) is 1. The first-order valence-electron chi connectivity index (χ1n) is 11.6. The van der Waals surface area contributed by atoms with Gasteiger partial charge in [-0.2, -0.15) is 0 Å². The Balaban J connectivity index is 1.42. The summed E-state index contributed by atoms with van der Waals surface area (Å²) in [5.41, 5.74) is -0.844. The van der Waals surface area contributed by atoms with Gasteiger partial charge in [-0.05, 0) is 38.2 Å². The van der Waals surface area contributed by atoms with Crippen LogP contribution in [-0.2, 0) is 10.3 Å². The van der Waals surface area contributed by atoms with Crippen LogP contribution in [0.25, 0.3) is 0 Å². The lowest BCUT2D eigenvalue weighted by Crippen LogP contribution is -2.52. The number of carbonyl (C=O) groups excluding carboxylic acids is 1. The van der Waals surface area contributed by atoms with Gasteiger partial charge in [-0.3, -0.25) is 0 Å². The Bertz CT molecular complexity index is 932. The predicted octanol–water partition coefficient (Wildman–Crippen LogP) is 3.60. The largest absolute Gasteiger partial charge is 0.494 e. The van der Waals surface area contributed by atoms with E-state index in [1.54, 1.807) is 33.4 Å². The fraction of sp³-hybridized carbons (Fsp3) is 0.560. The van der Waals surface area contributed by atoms with E-state index in [0.29, 0.717) is 43.5 Å². The third kappa shape index (κ3) is 5.55. The first kappa shape index (κ1) is 23.3. The zero-order valence-corrected chi connectivity index (χ0v) is 19.7. The van der Waals surface area contributed by atoms with Crippen LogP contribution in [0.1, 0.15) is 45.1 Å². The van der Waals surface area contributed by atoms with E-state index < -0.39 is 11.2 Å². The molecule has 1 N–H and O–H groups in total. The summed E-state index contributed by atoms with van der Waals surface area (Å²) in [7, 11) is 1.60. The van der Waals surface area contributed by atoms with E-state index >= 15 is 0 Å². The fourth-order valence-corrected chi connectivity index (χ4v) is 5.01. The summed E-state index contributed by atoms with van der Waals surface area (Å²) in [5, 5.41) is 10.5. The fourth-order valence-electron chi connectivity index (χ4n) is 5.01. The SMILES string of the molecule is COc1cnc(N2CCCC(CN3CC[C@](CC(C)(C)O)(c4ccccc4)OC3=O)C2)nc1. The molecule has 1 unspecified atom stereocenters. The molecule has 2 aliphatic rings. The minimum atomic E-state index is -0.958. The van der Waals surface area contributed by atoms with E-state index in [-0.39, 0.29) is 6.09 Å². The average Bonchev–Trinajstić information content (AvgIpc) is 2.81. The van der Waals surface area contributed by atoms with Gasteiger partial charge in [-0.15, -0.1) is 0 Å². The molecule has 2 fully saturated rings. The molecule has 2 saturated heterocycles. The van der Waals surface area contributed by atoms with E-state index in [1.165, 1.54) is 0 Å². The van der Waals surface area contributed by atoms with Crippen molar-refractivity contribution in [2.24, 2.45) is 5.92 Å². The molecule has 4 rings (SSSR count). The number of aromatic nitrogens is 2. The van der Waals surface area contributed by atoms with Crippen molar-refractivity contribution >= 4 is 12.0 Å². The Morgan fingerprint density at radius 3 is 2.58 bits per heavy atom. The summed E-state index contributed by atoms with van der Waals surface area (Å²) < 4.78 is 11.3. The van der Waals surface area contributed by atoms with Crippen LogP contribution in [0, 0.1) is 5.92 Å². The molecule has 1 aromatic carbocycles. The highest BCUT2D eigenvalue weighted by Crippen LogP contribution is 2.41. The second kappa shape index (κ2) is 9.55. The molecule has 2 aromatic rings. The summed E-state index contributed by atoms with van der Waals surface area (Å²) in [6.07, 6.45) is 6.12. The molecule has 0 bridgehead atoms. The van der Waals surface area contributed by atoms with E-state index in [4.69, 9.17) is 9.47 Å². The molecule has 1 amide bonds. The lowest BCUT2D eigenvalue weighted by Gasteiger charge is -2.45. The summed E-state index contributed by atoms with van der Waals surface area (Å²) in [5.74, 6) is 1.64. The Kier molecular flexibility index (Phi) is 6.74. The molecule has 0 spiro atoms. The number of methoxy groups -OCH3 is 1. The summed E-state index contributed by atoms with van der Waals surface area (Å²) >= 11 is 0. The maximum absolute atomic E-state index is 13.1. The Hall–Kier alpha value is -2.87. The van der Waals surface area contributed by atoms with Crippen molar-refractivity contribution in [3.8, 4) is 5.75 Å². The number of amides is 1.